The molecular weight excluding hydrogens is 276 g/mol. The Balaban J connectivity index is 1.64. The summed E-state index contributed by atoms with van der Waals surface area (Å²) in [4.78, 5) is 1.62. The molecule has 0 bridgehead atoms. The zero-order valence-corrected chi connectivity index (χ0v) is 12.5. The molecule has 0 aliphatic heterocycles. The normalized spacial score (nSPS) is 10.6. The number of hydrogen-bond donors (Lipinski definition) is 0. The van der Waals surface area contributed by atoms with Crippen molar-refractivity contribution < 1.29 is 4.74 Å². The van der Waals surface area contributed by atoms with Gasteiger partial charge in [-0.15, -0.1) is 10.2 Å². The molecule has 0 radical (unpaired) electrons. The van der Waals surface area contributed by atoms with Gasteiger partial charge in [0.05, 0.1) is 6.54 Å². The van der Waals surface area contributed by atoms with Crippen LogP contribution in [0.4, 0.5) is 0 Å². The third kappa shape index (κ3) is 3.49. The Kier molecular flexibility index (Phi) is 4.44. The van der Waals surface area contributed by atoms with Crippen molar-refractivity contribution in [2.75, 3.05) is 0 Å². The first-order chi connectivity index (χ1) is 10.8. The predicted octanol–water partition coefficient (Wildman–Crippen LogP) is 3.33. The van der Waals surface area contributed by atoms with Crippen LogP contribution in [0.2, 0.25) is 0 Å². The molecule has 5 heteroatoms. The Labute approximate surface area is 129 Å². The van der Waals surface area contributed by atoms with Crippen LogP contribution in [0.5, 0.6) is 5.75 Å². The van der Waals surface area contributed by atoms with E-state index in [0.717, 1.165) is 29.8 Å². The van der Waals surface area contributed by atoms with Crippen molar-refractivity contribution in [3.8, 4) is 17.1 Å². The summed E-state index contributed by atoms with van der Waals surface area (Å²) in [6.07, 6.45) is 0.988. The van der Waals surface area contributed by atoms with Crippen molar-refractivity contribution in [2.24, 2.45) is 0 Å². The lowest BCUT2D eigenvalue weighted by Crippen LogP contribution is -2.00. The fourth-order valence-electron chi connectivity index (χ4n) is 2.09. The average Bonchev–Trinajstić information content (AvgIpc) is 3.03. The molecule has 0 atom stereocenters. The number of ether oxygens (including phenoxy) is 1. The van der Waals surface area contributed by atoms with Gasteiger partial charge in [-0.05, 0) is 41.5 Å². The third-order valence-corrected chi connectivity index (χ3v) is 3.24. The van der Waals surface area contributed by atoms with Crippen LogP contribution in [0.3, 0.4) is 0 Å². The summed E-state index contributed by atoms with van der Waals surface area (Å²) in [5.74, 6) is 1.47. The summed E-state index contributed by atoms with van der Waals surface area (Å²) >= 11 is 0. The molecule has 0 aliphatic carbocycles. The molecule has 0 saturated heterocycles. The second kappa shape index (κ2) is 6.85. The summed E-state index contributed by atoms with van der Waals surface area (Å²) in [6, 6.07) is 17.9. The van der Waals surface area contributed by atoms with Gasteiger partial charge < -0.3 is 4.74 Å². The van der Waals surface area contributed by atoms with Crippen molar-refractivity contribution >= 4 is 0 Å². The first kappa shape index (κ1) is 14.3. The monoisotopic (exact) mass is 294 g/mol. The van der Waals surface area contributed by atoms with Gasteiger partial charge in [-0.3, -0.25) is 0 Å². The fraction of sp³-hybridized carbons (Fsp3) is 0.235. The average molecular weight is 294 g/mol. The minimum atomic E-state index is 0.561. The lowest BCUT2D eigenvalue weighted by molar-refractivity contribution is 0.306. The molecule has 3 rings (SSSR count). The third-order valence-electron chi connectivity index (χ3n) is 3.24. The fourth-order valence-corrected chi connectivity index (χ4v) is 2.09. The van der Waals surface area contributed by atoms with Gasteiger partial charge in [-0.2, -0.15) is 4.80 Å². The topological polar surface area (TPSA) is 52.8 Å². The molecule has 1 aromatic heterocycles. The summed E-state index contributed by atoms with van der Waals surface area (Å²) < 4.78 is 5.77. The van der Waals surface area contributed by atoms with Crippen molar-refractivity contribution in [3.05, 3.63) is 60.2 Å². The van der Waals surface area contributed by atoms with Crippen molar-refractivity contribution in [1.82, 2.24) is 20.2 Å². The molecule has 2 aromatic carbocycles. The first-order valence-corrected chi connectivity index (χ1v) is 7.40. The minimum absolute atomic E-state index is 0.561. The number of aromatic nitrogens is 4. The minimum Gasteiger partial charge on any atom is -0.489 e. The van der Waals surface area contributed by atoms with Gasteiger partial charge in [0.1, 0.15) is 12.4 Å². The molecular formula is C17H18N4O. The van der Waals surface area contributed by atoms with Crippen LogP contribution in [0.1, 0.15) is 18.9 Å². The zero-order chi connectivity index (χ0) is 15.2. The molecule has 22 heavy (non-hydrogen) atoms. The molecule has 0 fully saturated rings. The van der Waals surface area contributed by atoms with Crippen LogP contribution in [-0.4, -0.2) is 20.2 Å². The van der Waals surface area contributed by atoms with Gasteiger partial charge in [0.25, 0.3) is 0 Å². The number of nitrogens with zero attached hydrogens (tertiary/aromatic N) is 4. The summed E-state index contributed by atoms with van der Waals surface area (Å²) in [7, 11) is 0. The van der Waals surface area contributed by atoms with Crippen LogP contribution < -0.4 is 4.74 Å². The Morgan fingerprint density at radius 3 is 2.50 bits per heavy atom. The molecule has 0 unspecified atom stereocenters. The molecule has 112 valence electrons. The van der Waals surface area contributed by atoms with E-state index in [1.165, 1.54) is 0 Å². The lowest BCUT2D eigenvalue weighted by Gasteiger charge is -2.06. The van der Waals surface area contributed by atoms with Crippen molar-refractivity contribution in [3.63, 3.8) is 0 Å². The van der Waals surface area contributed by atoms with E-state index in [-0.39, 0.29) is 0 Å². The van der Waals surface area contributed by atoms with Crippen molar-refractivity contribution in [2.45, 2.75) is 26.5 Å². The van der Waals surface area contributed by atoms with E-state index in [1.54, 1.807) is 4.80 Å². The smallest absolute Gasteiger partial charge is 0.204 e. The van der Waals surface area contributed by atoms with Crippen LogP contribution in [0, 0.1) is 0 Å². The predicted molar refractivity (Wildman–Crippen MR) is 84.3 cm³/mol. The van der Waals surface area contributed by atoms with Crippen LogP contribution in [-0.2, 0) is 13.2 Å². The number of aryl methyl sites for hydroxylation is 1. The largest absolute Gasteiger partial charge is 0.489 e. The summed E-state index contributed by atoms with van der Waals surface area (Å²) in [5, 5.41) is 12.4. The highest BCUT2D eigenvalue weighted by molar-refractivity contribution is 5.55. The Hall–Kier alpha value is -2.69. The van der Waals surface area contributed by atoms with E-state index in [0.29, 0.717) is 12.4 Å². The highest BCUT2D eigenvalue weighted by atomic mass is 16.5. The molecule has 0 spiro atoms. The van der Waals surface area contributed by atoms with Gasteiger partial charge >= 0.3 is 0 Å². The molecule has 3 aromatic rings. The summed E-state index contributed by atoms with van der Waals surface area (Å²) in [6.45, 7) is 3.43. The van der Waals surface area contributed by atoms with Crippen LogP contribution in [0.15, 0.2) is 54.6 Å². The molecule has 5 nitrogen and oxygen atoms in total. The maximum absolute atomic E-state index is 5.77. The Morgan fingerprint density at radius 2 is 1.77 bits per heavy atom. The first-order valence-electron chi connectivity index (χ1n) is 7.40. The highest BCUT2D eigenvalue weighted by Crippen LogP contribution is 2.19. The Morgan fingerprint density at radius 1 is 1.00 bits per heavy atom. The molecule has 1 heterocycles. The number of tetrazole rings is 1. The Bertz CT molecular complexity index is 707. The SMILES string of the molecule is CCCn1nnc(-c2ccc(OCc3ccccc3)cc2)n1. The molecule has 0 saturated carbocycles. The van der Waals surface area contributed by atoms with E-state index in [9.17, 15) is 0 Å². The number of hydrogen-bond acceptors (Lipinski definition) is 4. The quantitative estimate of drug-likeness (QED) is 0.699. The van der Waals surface area contributed by atoms with Crippen LogP contribution >= 0.6 is 0 Å². The lowest BCUT2D eigenvalue weighted by atomic mass is 10.2. The van der Waals surface area contributed by atoms with Gasteiger partial charge in [-0.1, -0.05) is 37.3 Å². The summed E-state index contributed by atoms with van der Waals surface area (Å²) in [5.41, 5.74) is 2.09. The standard InChI is InChI=1S/C17H18N4O/c1-2-12-21-19-17(18-20-21)15-8-10-16(11-9-15)22-13-14-6-4-3-5-7-14/h3-11H,2,12-13H2,1H3. The van der Waals surface area contributed by atoms with E-state index >= 15 is 0 Å². The van der Waals surface area contributed by atoms with Gasteiger partial charge in [0.2, 0.25) is 5.82 Å². The molecule has 0 N–H and O–H groups in total. The van der Waals surface area contributed by atoms with Crippen molar-refractivity contribution in [1.29, 1.82) is 0 Å². The van der Waals surface area contributed by atoms with Gasteiger partial charge in [-0.25, -0.2) is 0 Å². The van der Waals surface area contributed by atoms with Crippen LogP contribution in [0.25, 0.3) is 11.4 Å². The molecule has 0 amide bonds. The zero-order valence-electron chi connectivity index (χ0n) is 12.5. The number of rotatable bonds is 6. The number of benzene rings is 2. The van der Waals surface area contributed by atoms with E-state index in [2.05, 4.69) is 22.3 Å². The second-order valence-corrected chi connectivity index (χ2v) is 5.01. The maximum Gasteiger partial charge on any atom is 0.204 e. The maximum atomic E-state index is 5.77. The van der Waals surface area contributed by atoms with Gasteiger partial charge in [0, 0.05) is 5.56 Å². The van der Waals surface area contributed by atoms with E-state index in [4.69, 9.17) is 4.74 Å². The highest BCUT2D eigenvalue weighted by Gasteiger charge is 2.05. The second-order valence-electron chi connectivity index (χ2n) is 5.01. The van der Waals surface area contributed by atoms with Gasteiger partial charge in [0.15, 0.2) is 0 Å². The van der Waals surface area contributed by atoms with E-state index in [1.807, 2.05) is 54.6 Å². The van der Waals surface area contributed by atoms with E-state index < -0.39 is 0 Å². The molecule has 0 aliphatic rings.